The van der Waals surface area contributed by atoms with Gasteiger partial charge in [-0.3, -0.25) is 4.79 Å². The van der Waals surface area contributed by atoms with Gasteiger partial charge < -0.3 is 5.73 Å². The van der Waals surface area contributed by atoms with Crippen molar-refractivity contribution in [2.75, 3.05) is 0 Å². The molecule has 52 valence electrons. The predicted molar refractivity (Wildman–Crippen MR) is 36.1 cm³/mol. The van der Waals surface area contributed by atoms with Gasteiger partial charge in [-0.1, -0.05) is 6.42 Å². The minimum absolute atomic E-state index is 0.153. The molecule has 0 aliphatic heterocycles. The molecule has 0 aromatic heterocycles. The summed E-state index contributed by atoms with van der Waals surface area (Å²) in [7, 11) is 0. The molecule has 2 heteroatoms. The van der Waals surface area contributed by atoms with Crippen molar-refractivity contribution >= 4 is 5.78 Å². The van der Waals surface area contributed by atoms with Gasteiger partial charge in [0.1, 0.15) is 5.78 Å². The van der Waals surface area contributed by atoms with Gasteiger partial charge in [0.15, 0.2) is 0 Å². The molecule has 0 aromatic rings. The Balaban J connectivity index is 2.37. The van der Waals surface area contributed by atoms with Crippen LogP contribution in [0.15, 0.2) is 0 Å². The molecule has 1 fully saturated rings. The summed E-state index contributed by atoms with van der Waals surface area (Å²) < 4.78 is 0. The zero-order chi connectivity index (χ0) is 6.69. The molecule has 1 aliphatic rings. The molecule has 0 saturated heterocycles. The van der Waals surface area contributed by atoms with Crippen molar-refractivity contribution in [1.82, 2.24) is 0 Å². The molecule has 9 heavy (non-hydrogen) atoms. The molecule has 2 N–H and O–H groups in total. The van der Waals surface area contributed by atoms with E-state index < -0.39 is 0 Å². The summed E-state index contributed by atoms with van der Waals surface area (Å²) in [5.74, 6) is 0.347. The lowest BCUT2D eigenvalue weighted by Crippen LogP contribution is -2.21. The normalized spacial score (nSPS) is 29.9. The Labute approximate surface area is 55.4 Å². The Morgan fingerprint density at radius 2 is 2.22 bits per heavy atom. The monoisotopic (exact) mass is 127 g/mol. The molecule has 1 atom stereocenters. The first-order chi connectivity index (χ1) is 4.29. The van der Waals surface area contributed by atoms with Crippen LogP contribution in [0.2, 0.25) is 0 Å². The van der Waals surface area contributed by atoms with Crippen LogP contribution >= 0.6 is 0 Å². The first-order valence-corrected chi connectivity index (χ1v) is 3.56. The fraction of sp³-hybridized carbons (Fsp3) is 0.857. The number of carbonyl (C=O) groups excluding carboxylic acids is 1. The van der Waals surface area contributed by atoms with Crippen LogP contribution in [0.25, 0.3) is 0 Å². The van der Waals surface area contributed by atoms with Crippen LogP contribution in [0.4, 0.5) is 0 Å². The first-order valence-electron chi connectivity index (χ1n) is 3.56. The zero-order valence-corrected chi connectivity index (χ0v) is 5.60. The van der Waals surface area contributed by atoms with Gasteiger partial charge in [0.2, 0.25) is 0 Å². The van der Waals surface area contributed by atoms with Crippen LogP contribution in [0.1, 0.15) is 32.1 Å². The Hall–Kier alpha value is -0.370. The summed E-state index contributed by atoms with van der Waals surface area (Å²) in [4.78, 5) is 10.8. The summed E-state index contributed by atoms with van der Waals surface area (Å²) in [6.07, 6.45) is 4.58. The zero-order valence-electron chi connectivity index (χ0n) is 5.60. The van der Waals surface area contributed by atoms with E-state index in [9.17, 15) is 4.79 Å². The average molecular weight is 127 g/mol. The van der Waals surface area contributed by atoms with E-state index in [1.54, 1.807) is 0 Å². The highest BCUT2D eigenvalue weighted by Crippen LogP contribution is 2.12. The summed E-state index contributed by atoms with van der Waals surface area (Å²) in [5, 5.41) is 0. The van der Waals surface area contributed by atoms with Gasteiger partial charge in [-0.15, -0.1) is 0 Å². The topological polar surface area (TPSA) is 43.1 Å². The molecule has 0 spiro atoms. The lowest BCUT2D eigenvalue weighted by atomic mass is 10.1. The fourth-order valence-corrected chi connectivity index (χ4v) is 1.23. The molecular formula is C7H13NO. The summed E-state index contributed by atoms with van der Waals surface area (Å²) >= 11 is 0. The maximum absolute atomic E-state index is 10.8. The third-order valence-corrected chi connectivity index (χ3v) is 1.77. The van der Waals surface area contributed by atoms with Gasteiger partial charge in [-0.25, -0.2) is 0 Å². The van der Waals surface area contributed by atoms with Crippen molar-refractivity contribution in [3.05, 3.63) is 0 Å². The van der Waals surface area contributed by atoms with Crippen molar-refractivity contribution in [1.29, 1.82) is 0 Å². The van der Waals surface area contributed by atoms with Crippen LogP contribution in [0.3, 0.4) is 0 Å². The SMILES string of the molecule is NC1CCCCC(=O)C1. The van der Waals surface area contributed by atoms with E-state index >= 15 is 0 Å². The molecule has 2 nitrogen and oxygen atoms in total. The molecule has 1 aliphatic carbocycles. The maximum atomic E-state index is 10.8. The standard InChI is InChI=1S/C7H13NO/c8-6-3-1-2-4-7(9)5-6/h6H,1-5,8H2. The van der Waals surface area contributed by atoms with Crippen LogP contribution in [0.5, 0.6) is 0 Å². The molecule has 0 amide bonds. The number of hydrogen-bond donors (Lipinski definition) is 1. The van der Waals surface area contributed by atoms with E-state index in [4.69, 9.17) is 5.73 Å². The van der Waals surface area contributed by atoms with Gasteiger partial charge in [-0.05, 0) is 12.8 Å². The van der Waals surface area contributed by atoms with Gasteiger partial charge in [0.05, 0.1) is 0 Å². The number of nitrogens with two attached hydrogens (primary N) is 1. The third kappa shape index (κ3) is 2.14. The second-order valence-electron chi connectivity index (χ2n) is 2.75. The molecule has 1 unspecified atom stereocenters. The molecule has 0 bridgehead atoms. The van der Waals surface area contributed by atoms with E-state index in [0.717, 1.165) is 25.7 Å². The van der Waals surface area contributed by atoms with Gasteiger partial charge >= 0.3 is 0 Å². The molecule has 1 saturated carbocycles. The lowest BCUT2D eigenvalue weighted by Gasteiger charge is -2.02. The molecule has 0 radical (unpaired) electrons. The molecule has 1 rings (SSSR count). The predicted octanol–water partition coefficient (Wildman–Crippen LogP) is 0.847. The number of ketones is 1. The fourth-order valence-electron chi connectivity index (χ4n) is 1.23. The lowest BCUT2D eigenvalue weighted by molar-refractivity contribution is -0.119. The van der Waals surface area contributed by atoms with Crippen molar-refractivity contribution in [2.45, 2.75) is 38.1 Å². The number of carbonyl (C=O) groups is 1. The maximum Gasteiger partial charge on any atom is 0.134 e. The van der Waals surface area contributed by atoms with E-state index in [-0.39, 0.29) is 6.04 Å². The Kier molecular flexibility index (Phi) is 2.22. The average Bonchev–Trinajstić information content (AvgIpc) is 1.93. The highest BCUT2D eigenvalue weighted by Gasteiger charge is 2.12. The largest absolute Gasteiger partial charge is 0.327 e. The van der Waals surface area contributed by atoms with Crippen molar-refractivity contribution in [3.8, 4) is 0 Å². The first kappa shape index (κ1) is 6.75. The minimum atomic E-state index is 0.153. The Morgan fingerprint density at radius 3 is 3.00 bits per heavy atom. The summed E-state index contributed by atoms with van der Waals surface area (Å²) in [5.41, 5.74) is 5.60. The van der Waals surface area contributed by atoms with Crippen molar-refractivity contribution in [2.24, 2.45) is 5.73 Å². The summed E-state index contributed by atoms with van der Waals surface area (Å²) in [6.45, 7) is 0. The second kappa shape index (κ2) is 2.97. The van der Waals surface area contributed by atoms with Crippen LogP contribution in [-0.2, 0) is 4.79 Å². The molecule has 0 heterocycles. The van der Waals surface area contributed by atoms with Gasteiger partial charge in [-0.2, -0.15) is 0 Å². The van der Waals surface area contributed by atoms with E-state index in [1.165, 1.54) is 0 Å². The second-order valence-corrected chi connectivity index (χ2v) is 2.75. The van der Waals surface area contributed by atoms with Crippen LogP contribution in [-0.4, -0.2) is 11.8 Å². The van der Waals surface area contributed by atoms with Gasteiger partial charge in [0.25, 0.3) is 0 Å². The van der Waals surface area contributed by atoms with Crippen molar-refractivity contribution < 1.29 is 4.79 Å². The quantitative estimate of drug-likeness (QED) is 0.490. The number of rotatable bonds is 0. The molecular weight excluding hydrogens is 114 g/mol. The third-order valence-electron chi connectivity index (χ3n) is 1.77. The van der Waals surface area contributed by atoms with Crippen LogP contribution in [0, 0.1) is 0 Å². The number of Topliss-reactive ketones (excluding diaryl/α,β-unsaturated/α-hetero) is 1. The Morgan fingerprint density at radius 1 is 1.44 bits per heavy atom. The smallest absolute Gasteiger partial charge is 0.134 e. The van der Waals surface area contributed by atoms with Crippen LogP contribution < -0.4 is 5.73 Å². The number of hydrogen-bond acceptors (Lipinski definition) is 2. The van der Waals surface area contributed by atoms with Crippen molar-refractivity contribution in [3.63, 3.8) is 0 Å². The van der Waals surface area contributed by atoms with Gasteiger partial charge in [0, 0.05) is 18.9 Å². The summed E-state index contributed by atoms with van der Waals surface area (Å²) in [6, 6.07) is 0.153. The Bertz CT molecular complexity index is 111. The van der Waals surface area contributed by atoms with E-state index in [2.05, 4.69) is 0 Å². The highest BCUT2D eigenvalue weighted by molar-refractivity contribution is 5.79. The van der Waals surface area contributed by atoms with E-state index in [0.29, 0.717) is 12.2 Å². The highest BCUT2D eigenvalue weighted by atomic mass is 16.1. The van der Waals surface area contributed by atoms with E-state index in [1.807, 2.05) is 0 Å². The minimum Gasteiger partial charge on any atom is -0.327 e. The molecule has 0 aromatic carbocycles.